The molecule has 0 spiro atoms. The molecule has 2 aromatic carbocycles. The van der Waals surface area contributed by atoms with Gasteiger partial charge in [-0.15, -0.1) is 0 Å². The second-order valence-corrected chi connectivity index (χ2v) is 5.28. The largest absolute Gasteiger partial charge is 0.488 e. The van der Waals surface area contributed by atoms with Crippen LogP contribution in [0.4, 0.5) is 0 Å². The number of aryl methyl sites for hydroxylation is 1. The zero-order chi connectivity index (χ0) is 14.5. The van der Waals surface area contributed by atoms with Gasteiger partial charge in [0.1, 0.15) is 0 Å². The highest BCUT2D eigenvalue weighted by atomic mass is 16.4. The van der Waals surface area contributed by atoms with Crippen molar-refractivity contribution < 1.29 is 10.0 Å². The third-order valence-corrected chi connectivity index (χ3v) is 3.27. The molecule has 3 nitrogen and oxygen atoms in total. The van der Waals surface area contributed by atoms with Crippen molar-refractivity contribution in [3.63, 3.8) is 0 Å². The van der Waals surface area contributed by atoms with Crippen molar-refractivity contribution >= 4 is 12.6 Å². The van der Waals surface area contributed by atoms with Crippen LogP contribution in [0, 0.1) is 6.92 Å². The van der Waals surface area contributed by atoms with Crippen molar-refractivity contribution in [1.82, 2.24) is 4.90 Å². The monoisotopic (exact) mass is 269 g/mol. The molecule has 0 heterocycles. The van der Waals surface area contributed by atoms with E-state index in [4.69, 9.17) is 0 Å². The third-order valence-electron chi connectivity index (χ3n) is 3.27. The maximum atomic E-state index is 9.19. The topological polar surface area (TPSA) is 43.7 Å². The quantitative estimate of drug-likeness (QED) is 0.804. The van der Waals surface area contributed by atoms with E-state index in [1.807, 2.05) is 18.2 Å². The van der Waals surface area contributed by atoms with Gasteiger partial charge in [-0.2, -0.15) is 0 Å². The third kappa shape index (κ3) is 4.20. The Balaban J connectivity index is 1.99. The first kappa shape index (κ1) is 14.8. The number of hydrogen-bond donors (Lipinski definition) is 2. The molecule has 0 fully saturated rings. The van der Waals surface area contributed by atoms with E-state index in [0.29, 0.717) is 5.46 Å². The predicted molar refractivity (Wildman–Crippen MR) is 82.6 cm³/mol. The van der Waals surface area contributed by atoms with Crippen molar-refractivity contribution in [3.05, 3.63) is 65.2 Å². The van der Waals surface area contributed by atoms with Gasteiger partial charge in [-0.1, -0.05) is 54.1 Å². The summed E-state index contributed by atoms with van der Waals surface area (Å²) in [5, 5.41) is 18.4. The fraction of sp³-hybridized carbons (Fsp3) is 0.250. The molecule has 0 unspecified atom stereocenters. The number of nitrogens with zero attached hydrogens (tertiary/aromatic N) is 1. The Hall–Kier alpha value is -1.62. The Bertz CT molecular complexity index is 555. The summed E-state index contributed by atoms with van der Waals surface area (Å²) in [4.78, 5) is 2.20. The Labute approximate surface area is 120 Å². The van der Waals surface area contributed by atoms with E-state index in [2.05, 4.69) is 43.1 Å². The molecule has 0 aliphatic heterocycles. The van der Waals surface area contributed by atoms with Crippen molar-refractivity contribution in [2.75, 3.05) is 7.05 Å². The summed E-state index contributed by atoms with van der Waals surface area (Å²) in [7, 11) is 0.652. The summed E-state index contributed by atoms with van der Waals surface area (Å²) in [5.74, 6) is 0. The first-order chi connectivity index (χ1) is 9.54. The average molecular weight is 269 g/mol. The van der Waals surface area contributed by atoms with Crippen LogP contribution in [0.15, 0.2) is 48.5 Å². The molecule has 0 bridgehead atoms. The Morgan fingerprint density at radius 3 is 2.25 bits per heavy atom. The molecule has 2 aromatic rings. The normalized spacial score (nSPS) is 10.8. The molecular formula is C16H20BNO2. The molecule has 2 N–H and O–H groups in total. The van der Waals surface area contributed by atoms with Crippen LogP contribution in [0.5, 0.6) is 0 Å². The van der Waals surface area contributed by atoms with Crippen LogP contribution in [0.2, 0.25) is 0 Å². The smallest absolute Gasteiger partial charge is 0.423 e. The van der Waals surface area contributed by atoms with Crippen molar-refractivity contribution in [2.45, 2.75) is 20.0 Å². The molecule has 0 saturated carbocycles. The van der Waals surface area contributed by atoms with Gasteiger partial charge in [-0.3, -0.25) is 4.90 Å². The molecular weight excluding hydrogens is 249 g/mol. The Morgan fingerprint density at radius 1 is 0.950 bits per heavy atom. The van der Waals surface area contributed by atoms with Gasteiger partial charge in [0.25, 0.3) is 0 Å². The van der Waals surface area contributed by atoms with Gasteiger partial charge in [0.05, 0.1) is 0 Å². The van der Waals surface area contributed by atoms with Crippen molar-refractivity contribution in [1.29, 1.82) is 0 Å². The van der Waals surface area contributed by atoms with Crippen LogP contribution in [0.25, 0.3) is 0 Å². The minimum absolute atomic E-state index is 0.534. The zero-order valence-corrected chi connectivity index (χ0v) is 12.0. The van der Waals surface area contributed by atoms with E-state index in [1.165, 1.54) is 11.1 Å². The molecule has 0 aromatic heterocycles. The van der Waals surface area contributed by atoms with Crippen LogP contribution < -0.4 is 5.46 Å². The molecule has 20 heavy (non-hydrogen) atoms. The van der Waals surface area contributed by atoms with Gasteiger partial charge in [0, 0.05) is 13.1 Å². The number of rotatable bonds is 5. The number of benzene rings is 2. The van der Waals surface area contributed by atoms with Crippen LogP contribution in [0.1, 0.15) is 16.7 Å². The van der Waals surface area contributed by atoms with E-state index in [-0.39, 0.29) is 0 Å². The summed E-state index contributed by atoms with van der Waals surface area (Å²) in [5.41, 5.74) is 4.15. The van der Waals surface area contributed by atoms with Gasteiger partial charge in [-0.25, -0.2) is 0 Å². The lowest BCUT2D eigenvalue weighted by molar-refractivity contribution is 0.319. The van der Waals surface area contributed by atoms with Crippen LogP contribution in [-0.2, 0) is 13.1 Å². The Kier molecular flexibility index (Phi) is 4.96. The maximum Gasteiger partial charge on any atom is 0.488 e. The summed E-state index contributed by atoms with van der Waals surface area (Å²) in [6.07, 6.45) is 0. The lowest BCUT2D eigenvalue weighted by Gasteiger charge is -2.17. The van der Waals surface area contributed by atoms with Gasteiger partial charge in [0.15, 0.2) is 0 Å². The second kappa shape index (κ2) is 6.70. The van der Waals surface area contributed by atoms with Crippen LogP contribution >= 0.6 is 0 Å². The molecule has 2 rings (SSSR count). The summed E-state index contributed by atoms with van der Waals surface area (Å²) in [6.45, 7) is 3.72. The summed E-state index contributed by atoms with van der Waals surface area (Å²) in [6, 6.07) is 15.9. The molecule has 0 radical (unpaired) electrons. The van der Waals surface area contributed by atoms with Gasteiger partial charge >= 0.3 is 7.12 Å². The lowest BCUT2D eigenvalue weighted by atomic mass is 9.79. The average Bonchev–Trinajstić information content (AvgIpc) is 2.41. The zero-order valence-electron chi connectivity index (χ0n) is 12.0. The van der Waals surface area contributed by atoms with Gasteiger partial charge in [-0.05, 0) is 30.6 Å². The second-order valence-electron chi connectivity index (χ2n) is 5.28. The Morgan fingerprint density at radius 2 is 1.60 bits per heavy atom. The fourth-order valence-electron chi connectivity index (χ4n) is 2.22. The van der Waals surface area contributed by atoms with E-state index in [9.17, 15) is 10.0 Å². The SMILES string of the molecule is Cc1ccc(CN(C)Cc2cccc(B(O)O)c2)cc1. The van der Waals surface area contributed by atoms with E-state index in [1.54, 1.807) is 6.07 Å². The maximum absolute atomic E-state index is 9.19. The highest BCUT2D eigenvalue weighted by molar-refractivity contribution is 6.58. The fourth-order valence-corrected chi connectivity index (χ4v) is 2.22. The van der Waals surface area contributed by atoms with Crippen molar-refractivity contribution in [3.8, 4) is 0 Å². The molecule has 0 aliphatic carbocycles. The molecule has 104 valence electrons. The van der Waals surface area contributed by atoms with E-state index in [0.717, 1.165) is 18.7 Å². The van der Waals surface area contributed by atoms with Crippen LogP contribution in [0.3, 0.4) is 0 Å². The van der Waals surface area contributed by atoms with Crippen LogP contribution in [-0.4, -0.2) is 29.1 Å². The van der Waals surface area contributed by atoms with Crippen molar-refractivity contribution in [2.24, 2.45) is 0 Å². The summed E-state index contributed by atoms with van der Waals surface area (Å²) >= 11 is 0. The first-order valence-corrected chi connectivity index (χ1v) is 6.73. The standard InChI is InChI=1S/C16H20BNO2/c1-13-6-8-14(9-7-13)11-18(2)12-15-4-3-5-16(10-15)17(19)20/h3-10,19-20H,11-12H2,1-2H3. The van der Waals surface area contributed by atoms with E-state index < -0.39 is 7.12 Å². The minimum Gasteiger partial charge on any atom is -0.423 e. The predicted octanol–water partition coefficient (Wildman–Crippen LogP) is 1.31. The molecule has 4 heteroatoms. The lowest BCUT2D eigenvalue weighted by Crippen LogP contribution is -2.30. The summed E-state index contributed by atoms with van der Waals surface area (Å²) < 4.78 is 0. The minimum atomic E-state index is -1.41. The number of hydrogen-bond acceptors (Lipinski definition) is 3. The molecule has 0 amide bonds. The van der Waals surface area contributed by atoms with Gasteiger partial charge in [0.2, 0.25) is 0 Å². The highest BCUT2D eigenvalue weighted by Crippen LogP contribution is 2.09. The molecule has 0 atom stereocenters. The molecule has 0 saturated heterocycles. The highest BCUT2D eigenvalue weighted by Gasteiger charge is 2.11. The first-order valence-electron chi connectivity index (χ1n) is 6.73. The van der Waals surface area contributed by atoms with E-state index >= 15 is 0 Å². The van der Waals surface area contributed by atoms with Gasteiger partial charge < -0.3 is 10.0 Å². The molecule has 0 aliphatic rings.